The second kappa shape index (κ2) is 5.40. The Kier molecular flexibility index (Phi) is 3.87. The fourth-order valence-corrected chi connectivity index (χ4v) is 2.64. The summed E-state index contributed by atoms with van der Waals surface area (Å²) in [6, 6.07) is 5.63. The lowest BCUT2D eigenvalue weighted by Gasteiger charge is -2.20. The molecule has 98 valence electrons. The summed E-state index contributed by atoms with van der Waals surface area (Å²) in [7, 11) is 0. The monoisotopic (exact) mass is 247 g/mol. The molecule has 4 heteroatoms. The number of carbonyl (C=O) groups is 1. The third-order valence-electron chi connectivity index (χ3n) is 3.78. The molecular formula is C14H21N3O. The lowest BCUT2D eigenvalue weighted by atomic mass is 10.0. The van der Waals surface area contributed by atoms with Gasteiger partial charge in [-0.25, -0.2) is 0 Å². The zero-order chi connectivity index (χ0) is 13.1. The number of rotatable bonds is 3. The molecule has 2 rings (SSSR count). The van der Waals surface area contributed by atoms with E-state index in [1.54, 1.807) is 6.07 Å². The first-order valence-electron chi connectivity index (χ1n) is 6.49. The summed E-state index contributed by atoms with van der Waals surface area (Å²) in [6.45, 7) is 2.56. The smallest absolute Gasteiger partial charge is 0.251 e. The maximum Gasteiger partial charge on any atom is 0.251 e. The standard InChI is InChI=1S/C14H21N3O/c1-9-5-6-11(16)7-12(9)14(18)17-13-4-2-3-10(13)8-15/h5-7,10,13H,2-4,8,15-16H2,1H3,(H,17,18). The molecule has 1 aromatic carbocycles. The first-order valence-corrected chi connectivity index (χ1v) is 6.49. The second-order valence-corrected chi connectivity index (χ2v) is 5.08. The lowest BCUT2D eigenvalue weighted by Crippen LogP contribution is -2.40. The van der Waals surface area contributed by atoms with Crippen molar-refractivity contribution in [3.63, 3.8) is 0 Å². The van der Waals surface area contributed by atoms with Crippen LogP contribution < -0.4 is 16.8 Å². The number of anilines is 1. The number of carbonyl (C=O) groups excluding carboxylic acids is 1. The molecule has 1 aromatic rings. The van der Waals surface area contributed by atoms with Gasteiger partial charge in [-0.15, -0.1) is 0 Å². The molecule has 0 radical (unpaired) electrons. The summed E-state index contributed by atoms with van der Waals surface area (Å²) in [4.78, 5) is 12.2. The number of hydrogen-bond acceptors (Lipinski definition) is 3. The molecule has 1 aliphatic carbocycles. The van der Waals surface area contributed by atoms with Crippen molar-refractivity contribution >= 4 is 11.6 Å². The van der Waals surface area contributed by atoms with E-state index >= 15 is 0 Å². The summed E-state index contributed by atoms with van der Waals surface area (Å²) in [5, 5.41) is 3.09. The minimum Gasteiger partial charge on any atom is -0.399 e. The van der Waals surface area contributed by atoms with Crippen LogP contribution in [0.4, 0.5) is 5.69 Å². The summed E-state index contributed by atoms with van der Waals surface area (Å²) < 4.78 is 0. The van der Waals surface area contributed by atoms with Crippen molar-refractivity contribution in [3.05, 3.63) is 29.3 Å². The van der Waals surface area contributed by atoms with Gasteiger partial charge in [0.05, 0.1) is 0 Å². The van der Waals surface area contributed by atoms with Gasteiger partial charge in [0.25, 0.3) is 5.91 Å². The predicted molar refractivity (Wildman–Crippen MR) is 73.2 cm³/mol. The van der Waals surface area contributed by atoms with E-state index in [0.717, 1.165) is 24.8 Å². The van der Waals surface area contributed by atoms with E-state index in [-0.39, 0.29) is 11.9 Å². The Morgan fingerprint density at radius 3 is 2.94 bits per heavy atom. The highest BCUT2D eigenvalue weighted by molar-refractivity contribution is 5.96. The van der Waals surface area contributed by atoms with E-state index in [4.69, 9.17) is 11.5 Å². The van der Waals surface area contributed by atoms with Gasteiger partial charge in [-0.2, -0.15) is 0 Å². The summed E-state index contributed by atoms with van der Waals surface area (Å²) in [6.07, 6.45) is 3.27. The quantitative estimate of drug-likeness (QED) is 0.707. The van der Waals surface area contributed by atoms with Gasteiger partial charge in [0, 0.05) is 17.3 Å². The Bertz CT molecular complexity index is 445. The first-order chi connectivity index (χ1) is 8.61. The molecule has 4 nitrogen and oxygen atoms in total. The highest BCUT2D eigenvalue weighted by Crippen LogP contribution is 2.25. The number of aryl methyl sites for hydroxylation is 1. The molecule has 5 N–H and O–H groups in total. The summed E-state index contributed by atoms with van der Waals surface area (Å²) in [5.41, 5.74) is 13.7. The minimum absolute atomic E-state index is 0.0369. The average Bonchev–Trinajstić information content (AvgIpc) is 2.79. The molecule has 1 fully saturated rings. The van der Waals surface area contributed by atoms with Gasteiger partial charge < -0.3 is 16.8 Å². The normalized spacial score (nSPS) is 23.0. The third-order valence-corrected chi connectivity index (χ3v) is 3.78. The third kappa shape index (κ3) is 2.64. The number of nitrogen functional groups attached to an aromatic ring is 1. The minimum atomic E-state index is -0.0369. The molecule has 1 amide bonds. The van der Waals surface area contributed by atoms with Crippen molar-refractivity contribution in [2.45, 2.75) is 32.2 Å². The van der Waals surface area contributed by atoms with E-state index in [1.807, 2.05) is 19.1 Å². The lowest BCUT2D eigenvalue weighted by molar-refractivity contribution is 0.0928. The van der Waals surface area contributed by atoms with Crippen LogP contribution in [0.1, 0.15) is 35.2 Å². The van der Waals surface area contributed by atoms with Crippen LogP contribution in [0.5, 0.6) is 0 Å². The molecule has 2 unspecified atom stereocenters. The van der Waals surface area contributed by atoms with Gasteiger partial charge in [0.15, 0.2) is 0 Å². The van der Waals surface area contributed by atoms with Crippen molar-refractivity contribution in [3.8, 4) is 0 Å². The van der Waals surface area contributed by atoms with Gasteiger partial charge in [-0.3, -0.25) is 4.79 Å². The zero-order valence-electron chi connectivity index (χ0n) is 10.8. The number of hydrogen-bond donors (Lipinski definition) is 3. The molecule has 0 spiro atoms. The Hall–Kier alpha value is -1.55. The van der Waals surface area contributed by atoms with Crippen LogP contribution in [0.15, 0.2) is 18.2 Å². The van der Waals surface area contributed by atoms with Crippen molar-refractivity contribution in [2.75, 3.05) is 12.3 Å². The highest BCUT2D eigenvalue weighted by Gasteiger charge is 2.27. The Balaban J connectivity index is 2.09. The van der Waals surface area contributed by atoms with Gasteiger partial charge in [-0.05, 0) is 49.9 Å². The number of amides is 1. The molecule has 2 atom stereocenters. The van der Waals surface area contributed by atoms with Gasteiger partial charge >= 0.3 is 0 Å². The van der Waals surface area contributed by atoms with Gasteiger partial charge in [0.2, 0.25) is 0 Å². The Labute approximate surface area is 108 Å². The van der Waals surface area contributed by atoms with E-state index < -0.39 is 0 Å². The predicted octanol–water partition coefficient (Wildman–Crippen LogP) is 1.43. The van der Waals surface area contributed by atoms with Crippen LogP contribution in [-0.4, -0.2) is 18.5 Å². The fraction of sp³-hybridized carbons (Fsp3) is 0.500. The van der Waals surface area contributed by atoms with E-state index in [2.05, 4.69) is 5.32 Å². The molecular weight excluding hydrogens is 226 g/mol. The first kappa shape index (κ1) is 12.9. The average molecular weight is 247 g/mol. The van der Waals surface area contributed by atoms with Crippen molar-refractivity contribution < 1.29 is 4.79 Å². The number of nitrogens with two attached hydrogens (primary N) is 2. The van der Waals surface area contributed by atoms with Gasteiger partial charge in [-0.1, -0.05) is 12.5 Å². The Morgan fingerprint density at radius 1 is 1.44 bits per heavy atom. The van der Waals surface area contributed by atoms with E-state index in [1.165, 1.54) is 0 Å². The SMILES string of the molecule is Cc1ccc(N)cc1C(=O)NC1CCCC1CN. The van der Waals surface area contributed by atoms with Gasteiger partial charge in [0.1, 0.15) is 0 Å². The highest BCUT2D eigenvalue weighted by atomic mass is 16.1. The topological polar surface area (TPSA) is 81.1 Å². The maximum atomic E-state index is 12.2. The molecule has 0 aromatic heterocycles. The largest absolute Gasteiger partial charge is 0.399 e. The van der Waals surface area contributed by atoms with Crippen LogP contribution in [0.25, 0.3) is 0 Å². The van der Waals surface area contributed by atoms with Crippen LogP contribution >= 0.6 is 0 Å². The summed E-state index contributed by atoms with van der Waals surface area (Å²) >= 11 is 0. The number of benzene rings is 1. The molecule has 0 aliphatic heterocycles. The van der Waals surface area contributed by atoms with Crippen LogP contribution in [0.3, 0.4) is 0 Å². The van der Waals surface area contributed by atoms with Crippen LogP contribution in [0, 0.1) is 12.8 Å². The van der Waals surface area contributed by atoms with Crippen molar-refractivity contribution in [1.29, 1.82) is 0 Å². The second-order valence-electron chi connectivity index (χ2n) is 5.08. The van der Waals surface area contributed by atoms with Crippen LogP contribution in [0.2, 0.25) is 0 Å². The fourth-order valence-electron chi connectivity index (χ4n) is 2.64. The molecule has 1 aliphatic rings. The molecule has 1 saturated carbocycles. The van der Waals surface area contributed by atoms with Crippen LogP contribution in [-0.2, 0) is 0 Å². The van der Waals surface area contributed by atoms with Crippen molar-refractivity contribution in [1.82, 2.24) is 5.32 Å². The van der Waals surface area contributed by atoms with E-state index in [9.17, 15) is 4.79 Å². The Morgan fingerprint density at radius 2 is 2.22 bits per heavy atom. The zero-order valence-corrected chi connectivity index (χ0v) is 10.8. The maximum absolute atomic E-state index is 12.2. The molecule has 18 heavy (non-hydrogen) atoms. The van der Waals surface area contributed by atoms with Crippen molar-refractivity contribution in [2.24, 2.45) is 11.7 Å². The summed E-state index contributed by atoms with van der Waals surface area (Å²) in [5.74, 6) is 0.375. The van der Waals surface area contributed by atoms with E-state index in [0.29, 0.717) is 23.7 Å². The number of nitrogens with one attached hydrogen (secondary N) is 1. The molecule has 0 heterocycles. The molecule has 0 bridgehead atoms. The molecule has 0 saturated heterocycles.